The molecule has 1 aromatic heterocycles. The molecule has 25 heavy (non-hydrogen) atoms. The van der Waals surface area contributed by atoms with E-state index in [0.717, 1.165) is 22.3 Å². The quantitative estimate of drug-likeness (QED) is 0.662. The number of aromatic amines is 1. The first-order valence-electron chi connectivity index (χ1n) is 7.78. The summed E-state index contributed by atoms with van der Waals surface area (Å²) in [6, 6.07) is 15.6. The first-order chi connectivity index (χ1) is 12.1. The van der Waals surface area contributed by atoms with Crippen molar-refractivity contribution in [3.05, 3.63) is 58.9 Å². The van der Waals surface area contributed by atoms with Crippen molar-refractivity contribution < 1.29 is 0 Å². The first kappa shape index (κ1) is 17.3. The molecular weight excluding hydrogens is 355 g/mol. The van der Waals surface area contributed by atoms with Crippen LogP contribution >= 0.6 is 23.2 Å². The zero-order valence-corrected chi connectivity index (χ0v) is 15.1. The fraction of sp³-hybridized carbons (Fsp3) is 0.158. The molecule has 6 heteroatoms. The molecule has 126 valence electrons. The molecule has 0 fully saturated rings. The molecule has 0 saturated carbocycles. The minimum absolute atomic E-state index is 0.500. The van der Waals surface area contributed by atoms with Crippen LogP contribution in [0.2, 0.25) is 5.02 Å². The van der Waals surface area contributed by atoms with Gasteiger partial charge in [0.2, 0.25) is 0 Å². The zero-order valence-electron chi connectivity index (χ0n) is 13.6. The van der Waals surface area contributed by atoms with E-state index < -0.39 is 0 Å². The van der Waals surface area contributed by atoms with Gasteiger partial charge in [0.25, 0.3) is 0 Å². The molecule has 0 saturated heterocycles. The minimum atomic E-state index is 0.500. The summed E-state index contributed by atoms with van der Waals surface area (Å²) in [5, 5.41) is 9.84. The number of fused-ring (bicyclic) bond motifs is 1. The van der Waals surface area contributed by atoms with Gasteiger partial charge in [0, 0.05) is 24.3 Å². The largest absolute Gasteiger partial charge is 0.374 e. The summed E-state index contributed by atoms with van der Waals surface area (Å²) in [6.07, 6.45) is 2.36. The summed E-state index contributed by atoms with van der Waals surface area (Å²) in [4.78, 5) is 9.69. The van der Waals surface area contributed by atoms with Gasteiger partial charge in [-0.1, -0.05) is 35.3 Å². The number of hydrogen-bond acceptors (Lipinski definition) is 3. The van der Waals surface area contributed by atoms with Crippen LogP contribution in [0.3, 0.4) is 0 Å². The van der Waals surface area contributed by atoms with Crippen molar-refractivity contribution in [3.8, 4) is 6.07 Å². The van der Waals surface area contributed by atoms with Crippen molar-refractivity contribution in [2.24, 2.45) is 0 Å². The van der Waals surface area contributed by atoms with Crippen molar-refractivity contribution >= 4 is 51.0 Å². The SMILES string of the molecule is CN(CCC#N)c1ccc(C=C(Cl)c2nc3ccc(Cl)cc3[nH]2)cc1. The first-order valence-corrected chi connectivity index (χ1v) is 8.53. The second-order valence-corrected chi connectivity index (χ2v) is 6.50. The number of nitrogens with zero attached hydrogens (tertiary/aromatic N) is 3. The third kappa shape index (κ3) is 4.14. The number of H-pyrrole nitrogens is 1. The molecule has 0 radical (unpaired) electrons. The van der Waals surface area contributed by atoms with E-state index in [4.69, 9.17) is 28.5 Å². The third-order valence-electron chi connectivity index (χ3n) is 3.86. The number of benzene rings is 2. The fourth-order valence-electron chi connectivity index (χ4n) is 2.48. The van der Waals surface area contributed by atoms with E-state index in [1.54, 1.807) is 6.07 Å². The highest BCUT2D eigenvalue weighted by Gasteiger charge is 2.07. The Hall–Kier alpha value is -2.48. The summed E-state index contributed by atoms with van der Waals surface area (Å²) >= 11 is 12.4. The lowest BCUT2D eigenvalue weighted by molar-refractivity contribution is 0.905. The molecule has 2 aromatic carbocycles. The van der Waals surface area contributed by atoms with Crippen LogP contribution in [0.5, 0.6) is 0 Å². The highest BCUT2D eigenvalue weighted by atomic mass is 35.5. The summed E-state index contributed by atoms with van der Waals surface area (Å²) in [7, 11) is 1.97. The Bertz CT molecular complexity index is 952. The molecule has 0 amide bonds. The fourth-order valence-corrected chi connectivity index (χ4v) is 2.87. The topological polar surface area (TPSA) is 55.7 Å². The van der Waals surface area contributed by atoms with Gasteiger partial charge in [-0.05, 0) is 42.0 Å². The molecule has 1 heterocycles. The summed E-state index contributed by atoms with van der Waals surface area (Å²) in [5.41, 5.74) is 3.70. The van der Waals surface area contributed by atoms with Crippen LogP contribution in [-0.4, -0.2) is 23.6 Å². The van der Waals surface area contributed by atoms with Crippen molar-refractivity contribution in [3.63, 3.8) is 0 Å². The number of nitrogens with one attached hydrogen (secondary N) is 1. The molecule has 0 spiro atoms. The maximum atomic E-state index is 8.67. The molecule has 0 aliphatic heterocycles. The minimum Gasteiger partial charge on any atom is -0.374 e. The van der Waals surface area contributed by atoms with Crippen LogP contribution in [-0.2, 0) is 0 Å². The number of halogens is 2. The van der Waals surface area contributed by atoms with Crippen LogP contribution in [0.1, 0.15) is 17.8 Å². The monoisotopic (exact) mass is 370 g/mol. The molecule has 1 N–H and O–H groups in total. The predicted molar refractivity (Wildman–Crippen MR) is 105 cm³/mol. The van der Waals surface area contributed by atoms with Crippen LogP contribution in [0.4, 0.5) is 5.69 Å². The summed E-state index contributed by atoms with van der Waals surface area (Å²) in [5.74, 6) is 0.606. The van der Waals surface area contributed by atoms with E-state index in [9.17, 15) is 0 Å². The number of nitriles is 1. The standard InChI is InChI=1S/C19H16Cl2N4/c1-25(10-2-9-22)15-6-3-13(4-7-15)11-16(21)19-23-17-8-5-14(20)12-18(17)24-19/h3-8,11-12H,2,10H2,1H3,(H,23,24). The number of imidazole rings is 1. The highest BCUT2D eigenvalue weighted by Crippen LogP contribution is 2.25. The Balaban J connectivity index is 1.80. The normalized spacial score (nSPS) is 11.5. The van der Waals surface area contributed by atoms with Gasteiger partial charge in [-0.2, -0.15) is 5.26 Å². The van der Waals surface area contributed by atoms with E-state index in [0.29, 0.717) is 28.8 Å². The molecule has 0 aliphatic carbocycles. The molecule has 3 rings (SSSR count). The second-order valence-electron chi connectivity index (χ2n) is 5.66. The Morgan fingerprint density at radius 1 is 1.28 bits per heavy atom. The van der Waals surface area contributed by atoms with E-state index in [1.165, 1.54) is 0 Å². The summed E-state index contributed by atoms with van der Waals surface area (Å²) in [6.45, 7) is 0.702. The number of rotatable bonds is 5. The smallest absolute Gasteiger partial charge is 0.150 e. The molecule has 4 nitrogen and oxygen atoms in total. The van der Waals surface area contributed by atoms with Gasteiger partial charge in [-0.25, -0.2) is 4.98 Å². The van der Waals surface area contributed by atoms with Gasteiger partial charge in [0.05, 0.1) is 28.6 Å². The van der Waals surface area contributed by atoms with Crippen molar-refractivity contribution in [1.82, 2.24) is 9.97 Å². The average molecular weight is 371 g/mol. The zero-order chi connectivity index (χ0) is 17.8. The maximum absolute atomic E-state index is 8.67. The maximum Gasteiger partial charge on any atom is 0.150 e. The third-order valence-corrected chi connectivity index (χ3v) is 4.38. The number of hydrogen-bond donors (Lipinski definition) is 1. The van der Waals surface area contributed by atoms with Crippen molar-refractivity contribution in [1.29, 1.82) is 5.26 Å². The molecule has 0 atom stereocenters. The van der Waals surface area contributed by atoms with E-state index in [2.05, 4.69) is 16.0 Å². The van der Waals surface area contributed by atoms with Gasteiger partial charge < -0.3 is 9.88 Å². The number of aromatic nitrogens is 2. The van der Waals surface area contributed by atoms with E-state index >= 15 is 0 Å². The van der Waals surface area contributed by atoms with Gasteiger partial charge >= 0.3 is 0 Å². The summed E-state index contributed by atoms with van der Waals surface area (Å²) < 4.78 is 0. The highest BCUT2D eigenvalue weighted by molar-refractivity contribution is 6.50. The van der Waals surface area contributed by atoms with E-state index in [1.807, 2.05) is 54.4 Å². The molecule has 0 unspecified atom stereocenters. The average Bonchev–Trinajstić information content (AvgIpc) is 3.03. The van der Waals surface area contributed by atoms with Crippen molar-refractivity contribution in [2.45, 2.75) is 6.42 Å². The Labute approximate surface area is 156 Å². The Kier molecular flexibility index (Phi) is 5.28. The van der Waals surface area contributed by atoms with Crippen molar-refractivity contribution in [2.75, 3.05) is 18.5 Å². The Morgan fingerprint density at radius 3 is 2.76 bits per heavy atom. The lowest BCUT2D eigenvalue weighted by Crippen LogP contribution is -2.17. The van der Waals surface area contributed by atoms with Crippen LogP contribution in [0.15, 0.2) is 42.5 Å². The van der Waals surface area contributed by atoms with Gasteiger partial charge in [0.15, 0.2) is 0 Å². The van der Waals surface area contributed by atoms with Crippen LogP contribution < -0.4 is 4.90 Å². The molecule has 0 bridgehead atoms. The molecule has 0 aliphatic rings. The molecular formula is C19H16Cl2N4. The molecule has 3 aromatic rings. The van der Waals surface area contributed by atoms with Crippen LogP contribution in [0, 0.1) is 11.3 Å². The lowest BCUT2D eigenvalue weighted by Gasteiger charge is -2.17. The Morgan fingerprint density at radius 2 is 2.04 bits per heavy atom. The predicted octanol–water partition coefficient (Wildman–Crippen LogP) is 5.30. The number of anilines is 1. The van der Waals surface area contributed by atoms with Gasteiger partial charge in [0.1, 0.15) is 5.82 Å². The lowest BCUT2D eigenvalue weighted by atomic mass is 10.2. The van der Waals surface area contributed by atoms with Crippen LogP contribution in [0.25, 0.3) is 22.1 Å². The second kappa shape index (κ2) is 7.60. The van der Waals surface area contributed by atoms with Gasteiger partial charge in [-0.15, -0.1) is 0 Å². The van der Waals surface area contributed by atoms with E-state index in [-0.39, 0.29) is 0 Å². The van der Waals surface area contributed by atoms with Gasteiger partial charge in [-0.3, -0.25) is 0 Å².